The second-order valence-corrected chi connectivity index (χ2v) is 10.6. The maximum Gasteiger partial charge on any atom is 0.417 e. The van der Waals surface area contributed by atoms with Crippen LogP contribution in [-0.2, 0) is 22.9 Å². The fraction of sp³-hybridized carbons (Fsp3) is 0.345. The first-order valence-electron chi connectivity index (χ1n) is 13.3. The number of ketones is 1. The van der Waals surface area contributed by atoms with Gasteiger partial charge in [0.15, 0.2) is 5.82 Å². The number of aromatic nitrogens is 5. The van der Waals surface area contributed by atoms with Crippen LogP contribution < -0.4 is 16.2 Å². The van der Waals surface area contributed by atoms with Crippen LogP contribution in [0.3, 0.4) is 0 Å². The number of carbonyl (C=O) groups is 2. The molecule has 43 heavy (non-hydrogen) atoms. The second-order valence-electron chi connectivity index (χ2n) is 10.6. The molecule has 0 aliphatic carbocycles. The van der Waals surface area contributed by atoms with Crippen molar-refractivity contribution in [2.75, 3.05) is 12.4 Å². The van der Waals surface area contributed by atoms with Gasteiger partial charge in [-0.05, 0) is 37.5 Å². The quantitative estimate of drug-likeness (QED) is 0.258. The number of benzene rings is 1. The first-order valence-corrected chi connectivity index (χ1v) is 13.3. The number of halogens is 3. The normalized spacial score (nSPS) is 12.7. The number of hydrogen-bond acceptors (Lipinski definition) is 9. The molecule has 3 heterocycles. The van der Waals surface area contributed by atoms with Crippen molar-refractivity contribution in [3.8, 4) is 11.3 Å². The SMILES string of the molecule is CNc1ncc(-c2ccccc2)n(CC(=O)N[C@@H](C(=O)c2nnc(C(C)(C)c3ccc(C(F)(F)F)cn3)o2)C(C)C)c1=O. The lowest BCUT2D eigenvalue weighted by Gasteiger charge is -2.21. The summed E-state index contributed by atoms with van der Waals surface area (Å²) in [5, 5.41) is 13.2. The number of hydrogen-bond donors (Lipinski definition) is 2. The van der Waals surface area contributed by atoms with E-state index in [1.165, 1.54) is 23.9 Å². The van der Waals surface area contributed by atoms with Crippen LogP contribution in [-0.4, -0.2) is 49.5 Å². The van der Waals surface area contributed by atoms with E-state index in [9.17, 15) is 27.6 Å². The van der Waals surface area contributed by atoms with Crippen molar-refractivity contribution in [3.05, 3.63) is 88.3 Å². The van der Waals surface area contributed by atoms with E-state index in [0.717, 1.165) is 6.07 Å². The minimum absolute atomic E-state index is 0.0486. The first-order chi connectivity index (χ1) is 20.2. The van der Waals surface area contributed by atoms with Gasteiger partial charge in [-0.2, -0.15) is 13.2 Å². The van der Waals surface area contributed by atoms with Crippen molar-refractivity contribution < 1.29 is 27.2 Å². The van der Waals surface area contributed by atoms with E-state index in [-0.39, 0.29) is 17.4 Å². The highest BCUT2D eigenvalue weighted by atomic mass is 19.4. The summed E-state index contributed by atoms with van der Waals surface area (Å²) in [6.45, 7) is 6.25. The van der Waals surface area contributed by atoms with Crippen LogP contribution in [0.25, 0.3) is 11.3 Å². The fourth-order valence-electron chi connectivity index (χ4n) is 4.30. The Bertz CT molecular complexity index is 1660. The highest BCUT2D eigenvalue weighted by Crippen LogP contribution is 2.33. The Hall–Kier alpha value is -4.88. The molecule has 2 N–H and O–H groups in total. The second kappa shape index (κ2) is 12.2. The van der Waals surface area contributed by atoms with Gasteiger partial charge in [-0.25, -0.2) is 4.98 Å². The highest BCUT2D eigenvalue weighted by Gasteiger charge is 2.36. The minimum Gasteiger partial charge on any atom is -0.417 e. The molecule has 0 saturated carbocycles. The van der Waals surface area contributed by atoms with E-state index in [1.807, 2.05) is 6.07 Å². The number of nitrogens with one attached hydrogen (secondary N) is 2. The number of Topliss-reactive ketones (excluding diaryl/α,β-unsaturated/α-hetero) is 1. The Morgan fingerprint density at radius 2 is 1.70 bits per heavy atom. The maximum atomic E-state index is 13.4. The molecule has 0 fully saturated rings. The van der Waals surface area contributed by atoms with Gasteiger partial charge in [0.05, 0.1) is 34.6 Å². The average molecular weight is 598 g/mol. The van der Waals surface area contributed by atoms with Crippen molar-refractivity contribution >= 4 is 17.5 Å². The summed E-state index contributed by atoms with van der Waals surface area (Å²) in [6, 6.07) is 9.96. The largest absolute Gasteiger partial charge is 0.417 e. The van der Waals surface area contributed by atoms with Gasteiger partial charge in [0.2, 0.25) is 17.6 Å². The van der Waals surface area contributed by atoms with E-state index >= 15 is 0 Å². The molecule has 0 bridgehead atoms. The van der Waals surface area contributed by atoms with Gasteiger partial charge in [0.25, 0.3) is 11.4 Å². The summed E-state index contributed by atoms with van der Waals surface area (Å²) in [6.07, 6.45) is -2.35. The third-order valence-corrected chi connectivity index (χ3v) is 6.83. The molecule has 1 aromatic carbocycles. The molecule has 0 radical (unpaired) electrons. The molecule has 1 atom stereocenters. The van der Waals surface area contributed by atoms with Gasteiger partial charge in [-0.3, -0.25) is 23.9 Å². The summed E-state index contributed by atoms with van der Waals surface area (Å²) < 4.78 is 45.8. The van der Waals surface area contributed by atoms with Crippen molar-refractivity contribution in [2.45, 2.75) is 51.9 Å². The molecular formula is C29H30F3N7O4. The third kappa shape index (κ3) is 6.63. The molecule has 14 heteroatoms. The van der Waals surface area contributed by atoms with E-state index < -0.39 is 58.8 Å². The molecule has 3 aromatic heterocycles. The van der Waals surface area contributed by atoms with E-state index in [0.29, 0.717) is 17.5 Å². The van der Waals surface area contributed by atoms with Gasteiger partial charge in [-0.15, -0.1) is 10.2 Å². The summed E-state index contributed by atoms with van der Waals surface area (Å²) in [5.41, 5.74) is -1.26. The van der Waals surface area contributed by atoms with Crippen LogP contribution in [0, 0.1) is 5.92 Å². The molecule has 0 aliphatic rings. The monoisotopic (exact) mass is 597 g/mol. The Labute approximate surface area is 244 Å². The molecule has 0 aliphatic heterocycles. The molecule has 1 amide bonds. The van der Waals surface area contributed by atoms with E-state index in [4.69, 9.17) is 4.42 Å². The van der Waals surface area contributed by atoms with Gasteiger partial charge in [-0.1, -0.05) is 44.2 Å². The van der Waals surface area contributed by atoms with Crippen molar-refractivity contribution in [2.24, 2.45) is 5.92 Å². The lowest BCUT2D eigenvalue weighted by molar-refractivity contribution is -0.137. The molecule has 226 valence electrons. The third-order valence-electron chi connectivity index (χ3n) is 6.83. The van der Waals surface area contributed by atoms with Crippen LogP contribution in [0.2, 0.25) is 0 Å². The number of rotatable bonds is 10. The smallest absolute Gasteiger partial charge is 0.417 e. The zero-order valence-corrected chi connectivity index (χ0v) is 24.1. The number of alkyl halides is 3. The number of carbonyl (C=O) groups excluding carboxylic acids is 2. The highest BCUT2D eigenvalue weighted by molar-refractivity contribution is 5.98. The van der Waals surface area contributed by atoms with Crippen LogP contribution in [0.15, 0.2) is 64.1 Å². The fourth-order valence-corrected chi connectivity index (χ4v) is 4.30. The summed E-state index contributed by atoms with van der Waals surface area (Å²) in [4.78, 5) is 47.8. The molecule has 0 unspecified atom stereocenters. The molecule has 0 saturated heterocycles. The van der Waals surface area contributed by atoms with Gasteiger partial charge >= 0.3 is 6.18 Å². The van der Waals surface area contributed by atoms with E-state index in [1.54, 1.807) is 52.0 Å². The molecule has 0 spiro atoms. The zero-order valence-electron chi connectivity index (χ0n) is 24.1. The van der Waals surface area contributed by atoms with Gasteiger partial charge < -0.3 is 15.1 Å². The predicted molar refractivity (Wildman–Crippen MR) is 150 cm³/mol. The minimum atomic E-state index is -4.54. The van der Waals surface area contributed by atoms with Crippen LogP contribution in [0.1, 0.15) is 55.5 Å². The zero-order chi connectivity index (χ0) is 31.5. The van der Waals surface area contributed by atoms with Crippen LogP contribution in [0.5, 0.6) is 0 Å². The Kier molecular flexibility index (Phi) is 8.78. The van der Waals surface area contributed by atoms with Gasteiger partial charge in [0, 0.05) is 13.2 Å². The summed E-state index contributed by atoms with van der Waals surface area (Å²) in [5.74, 6) is -2.09. The Morgan fingerprint density at radius 1 is 1.00 bits per heavy atom. The predicted octanol–water partition coefficient (Wildman–Crippen LogP) is 4.10. The Balaban J connectivity index is 1.56. The number of pyridine rings is 1. The van der Waals surface area contributed by atoms with Crippen molar-refractivity contribution in [1.82, 2.24) is 30.0 Å². The Morgan fingerprint density at radius 3 is 2.28 bits per heavy atom. The molecule has 4 rings (SSSR count). The lowest BCUT2D eigenvalue weighted by atomic mass is 9.88. The topological polar surface area (TPSA) is 145 Å². The summed E-state index contributed by atoms with van der Waals surface area (Å²) in [7, 11) is 1.54. The maximum absolute atomic E-state index is 13.4. The van der Waals surface area contributed by atoms with Crippen molar-refractivity contribution in [1.29, 1.82) is 0 Å². The summed E-state index contributed by atoms with van der Waals surface area (Å²) >= 11 is 0. The number of anilines is 1. The molecule has 11 nitrogen and oxygen atoms in total. The first kappa shape index (κ1) is 31.1. The van der Waals surface area contributed by atoms with Gasteiger partial charge in [0.1, 0.15) is 6.54 Å². The van der Waals surface area contributed by atoms with Crippen molar-refractivity contribution in [3.63, 3.8) is 0 Å². The number of nitrogens with zero attached hydrogens (tertiary/aromatic N) is 5. The lowest BCUT2D eigenvalue weighted by Crippen LogP contribution is -2.46. The van der Waals surface area contributed by atoms with Crippen LogP contribution in [0.4, 0.5) is 19.0 Å². The standard InChI is InChI=1S/C29H30F3N7O4/c1-16(2)22(36-21(40)15-39-19(17-9-7-6-8-10-17)14-35-24(33-5)26(39)42)23(41)25-37-38-27(43-25)28(3,4)20-12-11-18(13-34-20)29(30,31)32/h6-14,16,22H,15H2,1-5H3,(H,33,35)(H,36,40)/t22-/m1/s1. The number of amides is 1. The average Bonchev–Trinajstić information content (AvgIpc) is 3.48. The van der Waals surface area contributed by atoms with E-state index in [2.05, 4.69) is 30.8 Å². The molecule has 4 aromatic rings. The van der Waals surface area contributed by atoms with Crippen LogP contribution >= 0.6 is 0 Å². The molecular weight excluding hydrogens is 567 g/mol.